The van der Waals surface area contributed by atoms with Gasteiger partial charge in [-0.3, -0.25) is 0 Å². The summed E-state index contributed by atoms with van der Waals surface area (Å²) in [4.78, 5) is 11.1. The fourth-order valence-corrected chi connectivity index (χ4v) is 2.26. The van der Waals surface area contributed by atoms with Gasteiger partial charge < -0.3 is 10.6 Å². The molecule has 84 valence electrons. The van der Waals surface area contributed by atoms with Crippen molar-refractivity contribution in [3.8, 4) is 0 Å². The van der Waals surface area contributed by atoms with Crippen molar-refractivity contribution in [3.05, 3.63) is 33.9 Å². The van der Waals surface area contributed by atoms with Gasteiger partial charge in [0.2, 0.25) is 5.28 Å². The maximum Gasteiger partial charge on any atom is 0.224 e. The van der Waals surface area contributed by atoms with Gasteiger partial charge in [0.25, 0.3) is 0 Å². The van der Waals surface area contributed by atoms with Crippen LogP contribution in [0.25, 0.3) is 0 Å². The van der Waals surface area contributed by atoms with E-state index in [1.54, 1.807) is 11.3 Å². The summed E-state index contributed by atoms with van der Waals surface area (Å²) in [6.45, 7) is 0.759. The first kappa shape index (κ1) is 11.2. The standard InChI is InChI=1S/C10H11ClN4S/c1-15(6-7-3-2-4-16-7)9-8(12)5-13-10(11)14-9/h2-5H,6,12H2,1H3. The molecule has 0 amide bonds. The third-order valence-electron chi connectivity index (χ3n) is 2.10. The molecule has 0 radical (unpaired) electrons. The van der Waals surface area contributed by atoms with Crippen LogP contribution in [0.3, 0.4) is 0 Å². The molecule has 0 aliphatic heterocycles. The van der Waals surface area contributed by atoms with Gasteiger partial charge >= 0.3 is 0 Å². The van der Waals surface area contributed by atoms with E-state index in [1.807, 2.05) is 23.4 Å². The van der Waals surface area contributed by atoms with Gasteiger partial charge in [-0.15, -0.1) is 11.3 Å². The van der Waals surface area contributed by atoms with Crippen LogP contribution < -0.4 is 10.6 Å². The molecule has 6 heteroatoms. The minimum atomic E-state index is 0.210. The summed E-state index contributed by atoms with van der Waals surface area (Å²) in [7, 11) is 1.93. The Hall–Kier alpha value is -1.33. The third kappa shape index (κ3) is 2.43. The monoisotopic (exact) mass is 254 g/mol. The van der Waals surface area contributed by atoms with E-state index in [-0.39, 0.29) is 5.28 Å². The summed E-state index contributed by atoms with van der Waals surface area (Å²) < 4.78 is 0. The summed E-state index contributed by atoms with van der Waals surface area (Å²) in [6.07, 6.45) is 1.52. The average Bonchev–Trinajstić information content (AvgIpc) is 2.74. The van der Waals surface area contributed by atoms with Gasteiger partial charge in [-0.1, -0.05) is 6.07 Å². The van der Waals surface area contributed by atoms with Crippen molar-refractivity contribution in [3.63, 3.8) is 0 Å². The van der Waals surface area contributed by atoms with Gasteiger partial charge in [0.15, 0.2) is 5.82 Å². The molecule has 2 aromatic rings. The normalized spacial score (nSPS) is 10.4. The van der Waals surface area contributed by atoms with Crippen LogP contribution in [0.1, 0.15) is 4.88 Å². The number of hydrogen-bond donors (Lipinski definition) is 1. The second-order valence-electron chi connectivity index (χ2n) is 3.35. The lowest BCUT2D eigenvalue weighted by atomic mass is 10.4. The van der Waals surface area contributed by atoms with E-state index >= 15 is 0 Å². The average molecular weight is 255 g/mol. The predicted octanol–water partition coefficient (Wildman–Crippen LogP) is 2.41. The molecule has 0 aliphatic rings. The Morgan fingerprint density at radius 2 is 2.38 bits per heavy atom. The molecule has 0 fully saturated rings. The minimum Gasteiger partial charge on any atom is -0.394 e. The molecule has 0 unspecified atom stereocenters. The van der Waals surface area contributed by atoms with Gasteiger partial charge in [-0.25, -0.2) is 4.98 Å². The van der Waals surface area contributed by atoms with Gasteiger partial charge in [0, 0.05) is 11.9 Å². The van der Waals surface area contributed by atoms with Crippen molar-refractivity contribution >= 4 is 34.4 Å². The maximum absolute atomic E-state index is 5.80. The Kier molecular flexibility index (Phi) is 3.26. The molecule has 2 rings (SSSR count). The molecule has 0 bridgehead atoms. The summed E-state index contributed by atoms with van der Waals surface area (Å²) in [5.74, 6) is 0.661. The van der Waals surface area contributed by atoms with Crippen LogP contribution in [-0.4, -0.2) is 17.0 Å². The molecular weight excluding hydrogens is 244 g/mol. The number of halogens is 1. The highest BCUT2D eigenvalue weighted by atomic mass is 35.5. The van der Waals surface area contributed by atoms with Crippen LogP contribution in [-0.2, 0) is 6.54 Å². The largest absolute Gasteiger partial charge is 0.394 e. The highest BCUT2D eigenvalue weighted by Crippen LogP contribution is 2.22. The molecule has 0 atom stereocenters. The fourth-order valence-electron chi connectivity index (χ4n) is 1.38. The zero-order valence-electron chi connectivity index (χ0n) is 8.72. The molecule has 0 aliphatic carbocycles. The number of thiophene rings is 1. The third-order valence-corrected chi connectivity index (χ3v) is 3.14. The highest BCUT2D eigenvalue weighted by Gasteiger charge is 2.09. The molecular formula is C10H11ClN4S. The summed E-state index contributed by atoms with van der Waals surface area (Å²) in [5.41, 5.74) is 6.33. The Bertz CT molecular complexity index is 472. The quantitative estimate of drug-likeness (QED) is 0.855. The van der Waals surface area contributed by atoms with Crippen molar-refractivity contribution < 1.29 is 0 Å². The number of nitrogen functional groups attached to an aromatic ring is 1. The fraction of sp³-hybridized carbons (Fsp3) is 0.200. The molecule has 2 heterocycles. The summed E-state index contributed by atoms with van der Waals surface area (Å²) in [6, 6.07) is 4.09. The van der Waals surface area contributed by atoms with Crippen LogP contribution in [0, 0.1) is 0 Å². The number of nitrogens with two attached hydrogens (primary N) is 1. The van der Waals surface area contributed by atoms with Gasteiger partial charge in [0.1, 0.15) is 0 Å². The molecule has 0 aromatic carbocycles. The van der Waals surface area contributed by atoms with E-state index in [4.69, 9.17) is 17.3 Å². The van der Waals surface area contributed by atoms with Crippen molar-refractivity contribution in [1.82, 2.24) is 9.97 Å². The number of aromatic nitrogens is 2. The first-order valence-electron chi connectivity index (χ1n) is 4.68. The number of hydrogen-bond acceptors (Lipinski definition) is 5. The van der Waals surface area contributed by atoms with Crippen LogP contribution in [0.2, 0.25) is 5.28 Å². The van der Waals surface area contributed by atoms with Crippen LogP contribution in [0.4, 0.5) is 11.5 Å². The van der Waals surface area contributed by atoms with Crippen molar-refractivity contribution in [2.75, 3.05) is 17.7 Å². The molecule has 16 heavy (non-hydrogen) atoms. The number of anilines is 2. The Morgan fingerprint density at radius 3 is 3.06 bits per heavy atom. The highest BCUT2D eigenvalue weighted by molar-refractivity contribution is 7.09. The lowest BCUT2D eigenvalue weighted by Gasteiger charge is -2.18. The van der Waals surface area contributed by atoms with Crippen LogP contribution >= 0.6 is 22.9 Å². The SMILES string of the molecule is CN(Cc1cccs1)c1nc(Cl)ncc1N. The second kappa shape index (κ2) is 4.67. The molecule has 0 saturated carbocycles. The lowest BCUT2D eigenvalue weighted by molar-refractivity contribution is 0.907. The van der Waals surface area contributed by atoms with Crippen molar-refractivity contribution in [1.29, 1.82) is 0 Å². The van der Waals surface area contributed by atoms with Gasteiger partial charge in [-0.2, -0.15) is 4.98 Å². The first-order valence-corrected chi connectivity index (χ1v) is 5.94. The second-order valence-corrected chi connectivity index (χ2v) is 4.72. The smallest absolute Gasteiger partial charge is 0.224 e. The van der Waals surface area contributed by atoms with E-state index in [1.165, 1.54) is 11.1 Å². The van der Waals surface area contributed by atoms with E-state index in [0.717, 1.165) is 6.54 Å². The molecule has 2 aromatic heterocycles. The Labute approximate surface area is 103 Å². The van der Waals surface area contributed by atoms with Crippen molar-refractivity contribution in [2.45, 2.75) is 6.54 Å². The van der Waals surface area contributed by atoms with Crippen LogP contribution in [0.5, 0.6) is 0 Å². The van der Waals surface area contributed by atoms with E-state index in [0.29, 0.717) is 11.5 Å². The van der Waals surface area contributed by atoms with Crippen molar-refractivity contribution in [2.24, 2.45) is 0 Å². The lowest BCUT2D eigenvalue weighted by Crippen LogP contribution is -2.18. The maximum atomic E-state index is 5.80. The molecule has 4 nitrogen and oxygen atoms in total. The molecule has 0 spiro atoms. The Balaban J connectivity index is 2.20. The van der Waals surface area contributed by atoms with E-state index in [2.05, 4.69) is 16.0 Å². The zero-order valence-corrected chi connectivity index (χ0v) is 10.3. The van der Waals surface area contributed by atoms with E-state index < -0.39 is 0 Å². The Morgan fingerprint density at radius 1 is 1.56 bits per heavy atom. The summed E-state index contributed by atoms with van der Waals surface area (Å²) in [5, 5.41) is 2.25. The summed E-state index contributed by atoms with van der Waals surface area (Å²) >= 11 is 7.44. The van der Waals surface area contributed by atoms with Gasteiger partial charge in [-0.05, 0) is 23.0 Å². The molecule has 2 N–H and O–H groups in total. The number of rotatable bonds is 3. The molecule has 0 saturated heterocycles. The zero-order chi connectivity index (χ0) is 11.5. The van der Waals surface area contributed by atoms with Crippen LogP contribution in [0.15, 0.2) is 23.7 Å². The first-order chi connectivity index (χ1) is 7.66. The van der Waals surface area contributed by atoms with E-state index in [9.17, 15) is 0 Å². The predicted molar refractivity (Wildman–Crippen MR) is 67.9 cm³/mol. The number of nitrogens with zero attached hydrogens (tertiary/aromatic N) is 3. The topological polar surface area (TPSA) is 55.0 Å². The minimum absolute atomic E-state index is 0.210. The van der Waals surface area contributed by atoms with Gasteiger partial charge in [0.05, 0.1) is 18.4 Å².